The second-order valence-corrected chi connectivity index (χ2v) is 7.80. The predicted octanol–water partition coefficient (Wildman–Crippen LogP) is 4.64. The van der Waals surface area contributed by atoms with Crippen molar-refractivity contribution >= 4 is 22.4 Å². The van der Waals surface area contributed by atoms with Crippen LogP contribution in [0, 0.1) is 5.41 Å². The molecule has 4 nitrogen and oxygen atoms in total. The molecule has 5 heteroatoms. The topological polar surface area (TPSA) is 68.1 Å². The standard InChI is InChI=1S/C20H27ClN2O2/c1-3-7-20(13(2)22)8-4-15(5-9-20)25-18-11-14-6-10-23-19(24)16(14)12-17(18)21/h6,10-13,15H,3-5,7-9,22H2,1-2H3,(H,23,24). The lowest BCUT2D eigenvalue weighted by molar-refractivity contribution is 0.0580. The van der Waals surface area contributed by atoms with Crippen molar-refractivity contribution in [1.29, 1.82) is 0 Å². The minimum absolute atomic E-state index is 0.134. The number of halogens is 1. The molecule has 0 amide bonds. The molecular weight excluding hydrogens is 336 g/mol. The lowest BCUT2D eigenvalue weighted by atomic mass is 9.66. The van der Waals surface area contributed by atoms with E-state index < -0.39 is 0 Å². The van der Waals surface area contributed by atoms with Crippen LogP contribution in [0.15, 0.2) is 29.2 Å². The smallest absolute Gasteiger partial charge is 0.255 e. The molecule has 1 aromatic carbocycles. The number of benzene rings is 1. The highest BCUT2D eigenvalue weighted by atomic mass is 35.5. The molecule has 25 heavy (non-hydrogen) atoms. The van der Waals surface area contributed by atoms with E-state index in [1.807, 2.05) is 12.1 Å². The Labute approximate surface area is 153 Å². The zero-order valence-electron chi connectivity index (χ0n) is 15.0. The van der Waals surface area contributed by atoms with Crippen LogP contribution in [-0.4, -0.2) is 17.1 Å². The number of nitrogens with one attached hydrogen (secondary N) is 1. The highest BCUT2D eigenvalue weighted by molar-refractivity contribution is 6.32. The molecule has 1 heterocycles. The third-order valence-corrected chi connectivity index (χ3v) is 6.06. The number of nitrogens with two attached hydrogens (primary N) is 1. The summed E-state index contributed by atoms with van der Waals surface area (Å²) in [5, 5.41) is 1.92. The number of hydrogen-bond donors (Lipinski definition) is 2. The fourth-order valence-corrected chi connectivity index (χ4v) is 4.38. The SMILES string of the molecule is CCCC1(C(C)N)CCC(Oc2cc3cc[nH]c(=O)c3cc2Cl)CC1. The van der Waals surface area contributed by atoms with Crippen LogP contribution >= 0.6 is 11.6 Å². The lowest BCUT2D eigenvalue weighted by Crippen LogP contribution is -2.44. The van der Waals surface area contributed by atoms with E-state index in [0.29, 0.717) is 16.2 Å². The molecule has 3 N–H and O–H groups in total. The Morgan fingerprint density at radius 2 is 2.12 bits per heavy atom. The summed E-state index contributed by atoms with van der Waals surface area (Å²) in [6, 6.07) is 5.64. The van der Waals surface area contributed by atoms with Gasteiger partial charge in [-0.25, -0.2) is 0 Å². The van der Waals surface area contributed by atoms with E-state index in [1.165, 1.54) is 6.42 Å². The number of fused-ring (bicyclic) bond motifs is 1. The Morgan fingerprint density at radius 1 is 1.40 bits per heavy atom. The van der Waals surface area contributed by atoms with Crippen LogP contribution in [-0.2, 0) is 0 Å². The average molecular weight is 363 g/mol. The minimum Gasteiger partial charge on any atom is -0.489 e. The fraction of sp³-hybridized carbons (Fsp3) is 0.550. The molecule has 0 radical (unpaired) electrons. The number of pyridine rings is 1. The Hall–Kier alpha value is -1.52. The second kappa shape index (κ2) is 7.38. The zero-order valence-corrected chi connectivity index (χ0v) is 15.7. The molecule has 0 aliphatic heterocycles. The van der Waals surface area contributed by atoms with Crippen LogP contribution in [0.4, 0.5) is 0 Å². The largest absolute Gasteiger partial charge is 0.489 e. The first-order valence-corrected chi connectivity index (χ1v) is 9.56. The molecule has 1 aromatic heterocycles. The van der Waals surface area contributed by atoms with Gasteiger partial charge in [0.05, 0.1) is 11.1 Å². The molecule has 0 spiro atoms. The van der Waals surface area contributed by atoms with Gasteiger partial charge in [0.15, 0.2) is 0 Å². The van der Waals surface area contributed by atoms with Crippen LogP contribution in [0.3, 0.4) is 0 Å². The summed E-state index contributed by atoms with van der Waals surface area (Å²) in [6.45, 7) is 4.36. The summed E-state index contributed by atoms with van der Waals surface area (Å²) in [6.07, 6.45) is 8.30. The van der Waals surface area contributed by atoms with Gasteiger partial charge in [-0.15, -0.1) is 0 Å². The van der Waals surface area contributed by atoms with Gasteiger partial charge in [-0.3, -0.25) is 4.79 Å². The van der Waals surface area contributed by atoms with E-state index in [2.05, 4.69) is 18.8 Å². The van der Waals surface area contributed by atoms with E-state index >= 15 is 0 Å². The van der Waals surface area contributed by atoms with Crippen LogP contribution in [0.25, 0.3) is 10.8 Å². The number of hydrogen-bond acceptors (Lipinski definition) is 3. The van der Waals surface area contributed by atoms with Crippen molar-refractivity contribution in [3.8, 4) is 5.75 Å². The Balaban J connectivity index is 1.75. The Morgan fingerprint density at radius 3 is 2.76 bits per heavy atom. The Kier molecular flexibility index (Phi) is 5.40. The third kappa shape index (κ3) is 3.70. The molecule has 3 rings (SSSR count). The van der Waals surface area contributed by atoms with Gasteiger partial charge < -0.3 is 15.5 Å². The van der Waals surface area contributed by atoms with Crippen LogP contribution in [0.1, 0.15) is 52.4 Å². The van der Waals surface area contributed by atoms with Gasteiger partial charge in [-0.1, -0.05) is 24.9 Å². The van der Waals surface area contributed by atoms with Crippen molar-refractivity contribution in [2.45, 2.75) is 64.5 Å². The van der Waals surface area contributed by atoms with E-state index in [4.69, 9.17) is 22.1 Å². The van der Waals surface area contributed by atoms with Gasteiger partial charge in [0.25, 0.3) is 5.56 Å². The van der Waals surface area contributed by atoms with Crippen LogP contribution in [0.2, 0.25) is 5.02 Å². The van der Waals surface area contributed by atoms with Crippen molar-refractivity contribution in [3.63, 3.8) is 0 Å². The minimum atomic E-state index is -0.134. The first-order valence-electron chi connectivity index (χ1n) is 9.18. The summed E-state index contributed by atoms with van der Waals surface area (Å²) in [7, 11) is 0. The molecule has 0 bridgehead atoms. The van der Waals surface area contributed by atoms with Crippen molar-refractivity contribution in [3.05, 3.63) is 39.8 Å². The van der Waals surface area contributed by atoms with Crippen molar-refractivity contribution in [2.24, 2.45) is 11.1 Å². The van der Waals surface area contributed by atoms with Gasteiger partial charge in [0, 0.05) is 17.6 Å². The molecule has 136 valence electrons. The van der Waals surface area contributed by atoms with Gasteiger partial charge >= 0.3 is 0 Å². The van der Waals surface area contributed by atoms with Gasteiger partial charge in [-0.2, -0.15) is 0 Å². The molecule has 1 unspecified atom stereocenters. The summed E-state index contributed by atoms with van der Waals surface area (Å²) >= 11 is 6.35. The van der Waals surface area contributed by atoms with E-state index in [1.54, 1.807) is 12.3 Å². The summed E-state index contributed by atoms with van der Waals surface area (Å²) < 4.78 is 6.20. The maximum atomic E-state index is 11.9. The quantitative estimate of drug-likeness (QED) is 0.814. The van der Waals surface area contributed by atoms with Crippen molar-refractivity contribution in [2.75, 3.05) is 0 Å². The summed E-state index contributed by atoms with van der Waals surface area (Å²) in [5.74, 6) is 0.661. The monoisotopic (exact) mass is 362 g/mol. The fourth-order valence-electron chi connectivity index (χ4n) is 4.17. The van der Waals surface area contributed by atoms with Crippen LogP contribution < -0.4 is 16.0 Å². The predicted molar refractivity (Wildman–Crippen MR) is 103 cm³/mol. The number of rotatable bonds is 5. The first-order chi connectivity index (χ1) is 11.9. The molecule has 1 aliphatic rings. The molecular formula is C20H27ClN2O2. The molecule has 2 aromatic rings. The van der Waals surface area contributed by atoms with Gasteiger partial charge in [-0.05, 0) is 68.0 Å². The highest BCUT2D eigenvalue weighted by Crippen LogP contribution is 2.44. The maximum Gasteiger partial charge on any atom is 0.255 e. The lowest BCUT2D eigenvalue weighted by Gasteiger charge is -2.43. The third-order valence-electron chi connectivity index (χ3n) is 5.76. The number of H-pyrrole nitrogens is 1. The molecule has 0 saturated heterocycles. The molecule has 1 aliphatic carbocycles. The summed E-state index contributed by atoms with van der Waals surface area (Å²) in [4.78, 5) is 14.5. The van der Waals surface area contributed by atoms with Crippen molar-refractivity contribution in [1.82, 2.24) is 4.98 Å². The van der Waals surface area contributed by atoms with Gasteiger partial charge in [0.2, 0.25) is 0 Å². The number of aromatic amines is 1. The average Bonchev–Trinajstić information content (AvgIpc) is 2.58. The molecule has 1 atom stereocenters. The second-order valence-electron chi connectivity index (χ2n) is 7.39. The Bertz CT molecular complexity index is 792. The zero-order chi connectivity index (χ0) is 18.0. The van der Waals surface area contributed by atoms with Gasteiger partial charge in [0.1, 0.15) is 5.75 Å². The number of aromatic nitrogens is 1. The normalized spacial score (nSPS) is 25.0. The molecule has 1 fully saturated rings. The van der Waals surface area contributed by atoms with Crippen LogP contribution in [0.5, 0.6) is 5.75 Å². The number of ether oxygens (including phenoxy) is 1. The van der Waals surface area contributed by atoms with E-state index in [0.717, 1.165) is 37.5 Å². The first kappa shape index (κ1) is 18.3. The highest BCUT2D eigenvalue weighted by Gasteiger charge is 2.38. The van der Waals surface area contributed by atoms with E-state index in [9.17, 15) is 4.79 Å². The maximum absolute atomic E-state index is 11.9. The molecule has 1 saturated carbocycles. The van der Waals surface area contributed by atoms with Crippen molar-refractivity contribution < 1.29 is 4.74 Å². The van der Waals surface area contributed by atoms with E-state index in [-0.39, 0.29) is 23.1 Å². The summed E-state index contributed by atoms with van der Waals surface area (Å²) in [5.41, 5.74) is 6.40.